The topological polar surface area (TPSA) is 33.3 Å². The lowest BCUT2D eigenvalue weighted by Gasteiger charge is -2.22. The van der Waals surface area contributed by atoms with Crippen molar-refractivity contribution in [1.82, 2.24) is 0 Å². The predicted octanol–water partition coefficient (Wildman–Crippen LogP) is 3.92. The van der Waals surface area contributed by atoms with Crippen molar-refractivity contribution in [2.24, 2.45) is 0 Å². The quantitative estimate of drug-likeness (QED) is 0.769. The van der Waals surface area contributed by atoms with Crippen LogP contribution in [0, 0.1) is 0 Å². The summed E-state index contributed by atoms with van der Waals surface area (Å²) in [5, 5.41) is 6.59. The van der Waals surface area contributed by atoms with Gasteiger partial charge < -0.3 is 15.4 Å². The molecule has 2 rings (SSSR count). The highest BCUT2D eigenvalue weighted by molar-refractivity contribution is 5.43. The number of nitrogens with one attached hydrogen (secondary N) is 2. The van der Waals surface area contributed by atoms with Crippen LogP contribution < -0.4 is 10.6 Å². The Labute approximate surface area is 114 Å². The van der Waals surface area contributed by atoms with Crippen LogP contribution in [0.5, 0.6) is 0 Å². The fourth-order valence-electron chi connectivity index (χ4n) is 1.91. The normalized spacial score (nSPS) is 13.6. The molecule has 0 aromatic heterocycles. The van der Waals surface area contributed by atoms with E-state index in [9.17, 15) is 0 Å². The lowest BCUT2D eigenvalue weighted by atomic mass is 10.3. The van der Waals surface area contributed by atoms with E-state index in [1.54, 1.807) is 0 Å². The van der Waals surface area contributed by atoms with E-state index in [4.69, 9.17) is 4.74 Å². The predicted molar refractivity (Wildman–Crippen MR) is 80.1 cm³/mol. The van der Waals surface area contributed by atoms with Gasteiger partial charge in [-0.1, -0.05) is 36.4 Å². The van der Waals surface area contributed by atoms with Gasteiger partial charge in [0, 0.05) is 11.4 Å². The standard InChI is InChI=1S/C16H20N2O/c1-13(17-15-9-5-3-6-10-15)19-14(2)18-16-11-7-4-8-12-16/h3-14,17-18H,1-2H3. The third-order valence-corrected chi connectivity index (χ3v) is 2.70. The number of hydrogen-bond donors (Lipinski definition) is 2. The van der Waals surface area contributed by atoms with Crippen LogP contribution in [0.3, 0.4) is 0 Å². The van der Waals surface area contributed by atoms with Gasteiger partial charge in [-0.3, -0.25) is 0 Å². The highest BCUT2D eigenvalue weighted by Crippen LogP contribution is 2.11. The van der Waals surface area contributed by atoms with Crippen LogP contribution in [-0.2, 0) is 4.74 Å². The Bertz CT molecular complexity index is 427. The molecule has 2 aromatic rings. The molecule has 2 unspecified atom stereocenters. The van der Waals surface area contributed by atoms with Crippen LogP contribution in [0.15, 0.2) is 60.7 Å². The number of benzene rings is 2. The molecule has 19 heavy (non-hydrogen) atoms. The molecule has 0 fully saturated rings. The summed E-state index contributed by atoms with van der Waals surface area (Å²) >= 11 is 0. The molecule has 3 nitrogen and oxygen atoms in total. The second-order valence-electron chi connectivity index (χ2n) is 4.44. The number of ether oxygens (including phenoxy) is 1. The van der Waals surface area contributed by atoms with Crippen molar-refractivity contribution in [2.75, 3.05) is 10.6 Å². The van der Waals surface area contributed by atoms with Crippen molar-refractivity contribution in [3.63, 3.8) is 0 Å². The molecule has 0 spiro atoms. The lowest BCUT2D eigenvalue weighted by molar-refractivity contribution is 0.0405. The van der Waals surface area contributed by atoms with Gasteiger partial charge in [0.05, 0.1) is 0 Å². The van der Waals surface area contributed by atoms with E-state index >= 15 is 0 Å². The van der Waals surface area contributed by atoms with Crippen molar-refractivity contribution < 1.29 is 4.74 Å². The lowest BCUT2D eigenvalue weighted by Crippen LogP contribution is -2.29. The average Bonchev–Trinajstić information content (AvgIpc) is 2.40. The second kappa shape index (κ2) is 6.81. The van der Waals surface area contributed by atoms with E-state index in [1.165, 1.54) is 0 Å². The molecular weight excluding hydrogens is 236 g/mol. The molecule has 0 bridgehead atoms. The Hall–Kier alpha value is -2.00. The zero-order valence-electron chi connectivity index (χ0n) is 11.3. The van der Waals surface area contributed by atoms with Crippen LogP contribution in [-0.4, -0.2) is 12.5 Å². The van der Waals surface area contributed by atoms with E-state index in [-0.39, 0.29) is 12.5 Å². The molecule has 0 saturated carbocycles. The maximum Gasteiger partial charge on any atom is 0.127 e. The fourth-order valence-corrected chi connectivity index (χ4v) is 1.91. The largest absolute Gasteiger partial charge is 0.360 e. The van der Waals surface area contributed by atoms with E-state index in [1.807, 2.05) is 74.5 Å². The minimum atomic E-state index is -0.0615. The Kier molecular flexibility index (Phi) is 4.81. The van der Waals surface area contributed by atoms with Crippen LogP contribution in [0.2, 0.25) is 0 Å². The first-order valence-corrected chi connectivity index (χ1v) is 6.52. The maximum absolute atomic E-state index is 5.84. The Morgan fingerprint density at radius 1 is 0.684 bits per heavy atom. The number of hydrogen-bond acceptors (Lipinski definition) is 3. The minimum Gasteiger partial charge on any atom is -0.360 e. The second-order valence-corrected chi connectivity index (χ2v) is 4.44. The van der Waals surface area contributed by atoms with Gasteiger partial charge in [-0.15, -0.1) is 0 Å². The third-order valence-electron chi connectivity index (χ3n) is 2.70. The van der Waals surface area contributed by atoms with Gasteiger partial charge in [-0.05, 0) is 38.1 Å². The molecule has 0 saturated heterocycles. The van der Waals surface area contributed by atoms with Gasteiger partial charge in [-0.25, -0.2) is 0 Å². The molecule has 2 atom stereocenters. The Morgan fingerprint density at radius 3 is 1.42 bits per heavy atom. The van der Waals surface area contributed by atoms with Crippen LogP contribution in [0.25, 0.3) is 0 Å². The molecule has 100 valence electrons. The summed E-state index contributed by atoms with van der Waals surface area (Å²) in [4.78, 5) is 0. The first-order valence-electron chi connectivity index (χ1n) is 6.52. The summed E-state index contributed by atoms with van der Waals surface area (Å²) < 4.78 is 5.84. The Balaban J connectivity index is 1.80. The summed E-state index contributed by atoms with van der Waals surface area (Å²) in [6, 6.07) is 20.1. The third kappa shape index (κ3) is 4.64. The van der Waals surface area contributed by atoms with Gasteiger partial charge in [0.1, 0.15) is 12.5 Å². The van der Waals surface area contributed by atoms with Gasteiger partial charge in [0.25, 0.3) is 0 Å². The van der Waals surface area contributed by atoms with E-state index in [0.717, 1.165) is 11.4 Å². The molecule has 3 heteroatoms. The first kappa shape index (κ1) is 13.4. The van der Waals surface area contributed by atoms with Crippen LogP contribution in [0.4, 0.5) is 11.4 Å². The summed E-state index contributed by atoms with van der Waals surface area (Å²) in [5.41, 5.74) is 2.11. The monoisotopic (exact) mass is 256 g/mol. The van der Waals surface area contributed by atoms with Crippen LogP contribution >= 0.6 is 0 Å². The SMILES string of the molecule is CC(Nc1ccccc1)OC(C)Nc1ccccc1. The molecule has 0 aliphatic rings. The zero-order chi connectivity index (χ0) is 13.5. The number of para-hydroxylation sites is 2. The molecule has 0 amide bonds. The van der Waals surface area contributed by atoms with E-state index in [0.29, 0.717) is 0 Å². The molecule has 0 aliphatic heterocycles. The molecule has 0 aliphatic carbocycles. The fraction of sp³-hybridized carbons (Fsp3) is 0.250. The van der Waals surface area contributed by atoms with Crippen molar-refractivity contribution in [2.45, 2.75) is 26.3 Å². The van der Waals surface area contributed by atoms with Crippen molar-refractivity contribution in [1.29, 1.82) is 0 Å². The van der Waals surface area contributed by atoms with Gasteiger partial charge in [-0.2, -0.15) is 0 Å². The van der Waals surface area contributed by atoms with Crippen LogP contribution in [0.1, 0.15) is 13.8 Å². The molecule has 2 aromatic carbocycles. The van der Waals surface area contributed by atoms with Crippen molar-refractivity contribution >= 4 is 11.4 Å². The summed E-state index contributed by atoms with van der Waals surface area (Å²) in [6.45, 7) is 3.99. The van der Waals surface area contributed by atoms with Crippen molar-refractivity contribution in [3.8, 4) is 0 Å². The van der Waals surface area contributed by atoms with E-state index < -0.39 is 0 Å². The zero-order valence-corrected chi connectivity index (χ0v) is 11.3. The number of anilines is 2. The summed E-state index contributed by atoms with van der Waals surface area (Å²) in [5.74, 6) is 0. The minimum absolute atomic E-state index is 0.0615. The Morgan fingerprint density at radius 2 is 1.05 bits per heavy atom. The highest BCUT2D eigenvalue weighted by Gasteiger charge is 2.07. The van der Waals surface area contributed by atoms with Gasteiger partial charge in [0.15, 0.2) is 0 Å². The highest BCUT2D eigenvalue weighted by atomic mass is 16.5. The van der Waals surface area contributed by atoms with Crippen molar-refractivity contribution in [3.05, 3.63) is 60.7 Å². The molecular formula is C16H20N2O. The molecule has 0 heterocycles. The summed E-state index contributed by atoms with van der Waals surface area (Å²) in [7, 11) is 0. The first-order chi connectivity index (χ1) is 9.24. The summed E-state index contributed by atoms with van der Waals surface area (Å²) in [6.07, 6.45) is -0.123. The smallest absolute Gasteiger partial charge is 0.127 e. The molecule has 0 radical (unpaired) electrons. The van der Waals surface area contributed by atoms with E-state index in [2.05, 4.69) is 10.6 Å². The maximum atomic E-state index is 5.84. The van der Waals surface area contributed by atoms with Gasteiger partial charge >= 0.3 is 0 Å². The number of rotatable bonds is 6. The average molecular weight is 256 g/mol. The van der Waals surface area contributed by atoms with Gasteiger partial charge in [0.2, 0.25) is 0 Å². The molecule has 2 N–H and O–H groups in total.